The minimum Gasteiger partial charge on any atom is -0.0654 e. The van der Waals surface area contributed by atoms with E-state index in [0.717, 1.165) is 0 Å². The summed E-state index contributed by atoms with van der Waals surface area (Å²) in [5, 5.41) is 8.58. The van der Waals surface area contributed by atoms with Crippen molar-refractivity contribution in [1.29, 1.82) is 0 Å². The van der Waals surface area contributed by atoms with Crippen LogP contribution in [0.15, 0.2) is 60.7 Å². The Kier molecular flexibility index (Phi) is 10.7. The molecule has 0 fully saturated rings. The van der Waals surface area contributed by atoms with E-state index in [1.54, 1.807) is 0 Å². The van der Waals surface area contributed by atoms with Crippen molar-refractivity contribution in [1.82, 2.24) is 0 Å². The van der Waals surface area contributed by atoms with Gasteiger partial charge in [0.2, 0.25) is 0 Å². The minimum atomic E-state index is 1.20. The lowest BCUT2D eigenvalue weighted by molar-refractivity contribution is 0.590. The number of unbranched alkanes of at least 4 members (excludes halogenated alkanes) is 12. The third-order valence-electron chi connectivity index (χ3n) is 8.20. The first-order valence-corrected chi connectivity index (χ1v) is 15.2. The highest BCUT2D eigenvalue weighted by Gasteiger charge is 2.09. The number of aryl methyl sites for hydroxylation is 2. The Hall–Kier alpha value is -2.34. The van der Waals surface area contributed by atoms with E-state index in [2.05, 4.69) is 74.5 Å². The third-order valence-corrected chi connectivity index (χ3v) is 8.20. The molecule has 0 saturated heterocycles. The number of hydrogen-bond donors (Lipinski definition) is 0. The van der Waals surface area contributed by atoms with Crippen LogP contribution in [0.4, 0.5) is 0 Å². The summed E-state index contributed by atoms with van der Waals surface area (Å²) >= 11 is 0. The number of benzene rings is 4. The van der Waals surface area contributed by atoms with Gasteiger partial charge >= 0.3 is 0 Å². The van der Waals surface area contributed by atoms with Crippen molar-refractivity contribution in [3.63, 3.8) is 0 Å². The molecular weight excluding hydrogens is 432 g/mol. The van der Waals surface area contributed by atoms with Gasteiger partial charge in [-0.1, -0.05) is 152 Å². The summed E-state index contributed by atoms with van der Waals surface area (Å²) in [4.78, 5) is 0. The molecule has 0 N–H and O–H groups in total. The molecule has 0 aliphatic heterocycles. The SMILES string of the molecule is CCCCCCCCCc1cccc2c1ccc1c3cccc(CCCCCCCCC)c3ccc21. The monoisotopic (exact) mass is 480 g/mol. The fraction of sp³-hybridized carbons (Fsp3) is 0.500. The maximum absolute atomic E-state index is 2.40. The Morgan fingerprint density at radius 1 is 0.333 bits per heavy atom. The highest BCUT2D eigenvalue weighted by atomic mass is 14.1. The molecule has 4 aromatic rings. The van der Waals surface area contributed by atoms with Crippen LogP contribution in [0, 0.1) is 0 Å². The molecule has 36 heavy (non-hydrogen) atoms. The fourth-order valence-corrected chi connectivity index (χ4v) is 6.05. The van der Waals surface area contributed by atoms with Crippen LogP contribution in [-0.2, 0) is 12.8 Å². The van der Waals surface area contributed by atoms with Gasteiger partial charge in [-0.25, -0.2) is 0 Å². The predicted molar refractivity (Wildman–Crippen MR) is 162 cm³/mol. The first-order chi connectivity index (χ1) is 17.8. The molecule has 0 radical (unpaired) electrons. The third kappa shape index (κ3) is 6.90. The average molecular weight is 481 g/mol. The zero-order chi connectivity index (χ0) is 25.0. The first-order valence-electron chi connectivity index (χ1n) is 15.2. The second-order valence-corrected chi connectivity index (χ2v) is 11.0. The highest BCUT2D eigenvalue weighted by molar-refractivity contribution is 6.18. The van der Waals surface area contributed by atoms with Gasteiger partial charge in [0.05, 0.1) is 0 Å². The molecule has 0 heterocycles. The normalized spacial score (nSPS) is 11.7. The molecular formula is C36H48. The molecule has 0 aromatic heterocycles. The van der Waals surface area contributed by atoms with Crippen molar-refractivity contribution >= 4 is 32.3 Å². The van der Waals surface area contributed by atoms with Gasteiger partial charge in [0.15, 0.2) is 0 Å². The van der Waals surface area contributed by atoms with E-state index in [9.17, 15) is 0 Å². The van der Waals surface area contributed by atoms with E-state index in [-0.39, 0.29) is 0 Å². The van der Waals surface area contributed by atoms with E-state index < -0.39 is 0 Å². The lowest BCUT2D eigenvalue weighted by Crippen LogP contribution is -1.91. The van der Waals surface area contributed by atoms with E-state index >= 15 is 0 Å². The summed E-state index contributed by atoms with van der Waals surface area (Å²) in [6.07, 6.45) is 21.6. The molecule has 0 nitrogen and oxygen atoms in total. The van der Waals surface area contributed by atoms with Gasteiger partial charge in [-0.3, -0.25) is 0 Å². The number of fused-ring (bicyclic) bond motifs is 5. The van der Waals surface area contributed by atoms with Crippen molar-refractivity contribution in [3.05, 3.63) is 71.8 Å². The molecule has 0 spiro atoms. The smallest absolute Gasteiger partial charge is 0.00989 e. The molecule has 4 rings (SSSR count). The van der Waals surface area contributed by atoms with Crippen LogP contribution in [0.2, 0.25) is 0 Å². The molecule has 0 atom stereocenters. The summed E-state index contributed by atoms with van der Waals surface area (Å²) < 4.78 is 0. The second kappa shape index (κ2) is 14.4. The molecule has 0 bridgehead atoms. The van der Waals surface area contributed by atoms with E-state index in [1.165, 1.54) is 146 Å². The Balaban J connectivity index is 1.47. The lowest BCUT2D eigenvalue weighted by atomic mass is 9.91. The van der Waals surface area contributed by atoms with E-state index in [4.69, 9.17) is 0 Å². The second-order valence-electron chi connectivity index (χ2n) is 11.0. The van der Waals surface area contributed by atoms with Crippen molar-refractivity contribution in [2.45, 2.75) is 117 Å². The molecule has 192 valence electrons. The van der Waals surface area contributed by atoms with Crippen LogP contribution in [0.1, 0.15) is 115 Å². The Morgan fingerprint density at radius 2 is 0.667 bits per heavy atom. The van der Waals surface area contributed by atoms with Gasteiger partial charge in [0, 0.05) is 0 Å². The van der Waals surface area contributed by atoms with Gasteiger partial charge in [-0.05, 0) is 69.1 Å². The van der Waals surface area contributed by atoms with Gasteiger partial charge in [-0.15, -0.1) is 0 Å². The largest absolute Gasteiger partial charge is 0.0654 e. The summed E-state index contributed by atoms with van der Waals surface area (Å²) in [6.45, 7) is 4.59. The topological polar surface area (TPSA) is 0 Å². The highest BCUT2D eigenvalue weighted by Crippen LogP contribution is 2.34. The van der Waals surface area contributed by atoms with Crippen LogP contribution in [0.3, 0.4) is 0 Å². The van der Waals surface area contributed by atoms with Gasteiger partial charge in [0.25, 0.3) is 0 Å². The predicted octanol–water partition coefficient (Wildman–Crippen LogP) is 11.7. The van der Waals surface area contributed by atoms with E-state index in [1.807, 2.05) is 0 Å². The molecule has 0 heteroatoms. The van der Waals surface area contributed by atoms with Crippen LogP contribution >= 0.6 is 0 Å². The van der Waals surface area contributed by atoms with Crippen LogP contribution in [0.5, 0.6) is 0 Å². The van der Waals surface area contributed by atoms with E-state index in [0.29, 0.717) is 0 Å². The fourth-order valence-electron chi connectivity index (χ4n) is 6.05. The van der Waals surface area contributed by atoms with Gasteiger partial charge in [0.1, 0.15) is 0 Å². The summed E-state index contributed by atoms with van der Waals surface area (Å²) in [7, 11) is 0. The molecule has 0 aliphatic carbocycles. The van der Waals surface area contributed by atoms with Crippen LogP contribution in [-0.4, -0.2) is 0 Å². The van der Waals surface area contributed by atoms with Crippen LogP contribution in [0.25, 0.3) is 32.3 Å². The number of rotatable bonds is 16. The van der Waals surface area contributed by atoms with Gasteiger partial charge < -0.3 is 0 Å². The Morgan fingerprint density at radius 3 is 1.08 bits per heavy atom. The summed E-state index contributed by atoms with van der Waals surface area (Å²) in [5.41, 5.74) is 3.05. The molecule has 0 unspecified atom stereocenters. The van der Waals surface area contributed by atoms with Crippen molar-refractivity contribution in [3.8, 4) is 0 Å². The quantitative estimate of drug-likeness (QED) is 0.110. The molecule has 4 aromatic carbocycles. The Bertz CT molecular complexity index is 1120. The van der Waals surface area contributed by atoms with Crippen LogP contribution < -0.4 is 0 Å². The zero-order valence-corrected chi connectivity index (χ0v) is 23.1. The maximum atomic E-state index is 2.40. The van der Waals surface area contributed by atoms with Crippen molar-refractivity contribution < 1.29 is 0 Å². The van der Waals surface area contributed by atoms with Gasteiger partial charge in [-0.2, -0.15) is 0 Å². The first kappa shape index (κ1) is 26.7. The number of hydrogen-bond acceptors (Lipinski definition) is 0. The molecule has 0 saturated carbocycles. The van der Waals surface area contributed by atoms with Crippen molar-refractivity contribution in [2.75, 3.05) is 0 Å². The zero-order valence-electron chi connectivity index (χ0n) is 23.1. The van der Waals surface area contributed by atoms with Crippen molar-refractivity contribution in [2.24, 2.45) is 0 Å². The molecule has 0 amide bonds. The standard InChI is InChI=1S/C36H48/c1-3-5-7-9-11-13-15-19-29-21-17-23-33-31(29)25-27-36-34-24-18-22-30(32(34)26-28-35(33)36)20-16-14-12-10-8-6-4-2/h17-18,21-28H,3-16,19-20H2,1-2H3. The molecule has 0 aliphatic rings. The minimum absolute atomic E-state index is 1.20. The summed E-state index contributed by atoms with van der Waals surface area (Å²) in [5.74, 6) is 0. The maximum Gasteiger partial charge on any atom is -0.00989 e. The average Bonchev–Trinajstić information content (AvgIpc) is 2.91. The Labute approximate surface area is 220 Å². The lowest BCUT2D eigenvalue weighted by Gasteiger charge is -2.13. The summed E-state index contributed by atoms with van der Waals surface area (Å²) in [6, 6.07) is 23.5.